The van der Waals surface area contributed by atoms with Crippen molar-refractivity contribution in [2.75, 3.05) is 5.43 Å². The average molecular weight is 249 g/mol. The number of nitrogen functional groups attached to an aromatic ring is 1. The van der Waals surface area contributed by atoms with Crippen LogP contribution in [0.25, 0.3) is 0 Å². The molecule has 3 N–H and O–H groups in total. The topological polar surface area (TPSA) is 63.8 Å². The summed E-state index contributed by atoms with van der Waals surface area (Å²) >= 11 is 5.83. The third-order valence-electron chi connectivity index (χ3n) is 2.32. The Morgan fingerprint density at radius 3 is 2.59 bits per heavy atom. The van der Waals surface area contributed by atoms with E-state index in [1.807, 2.05) is 31.2 Å². The number of nitrogens with two attached hydrogens (primary N) is 1. The van der Waals surface area contributed by atoms with Gasteiger partial charge in [-0.25, -0.2) is 15.8 Å². The number of benzene rings is 1. The van der Waals surface area contributed by atoms with Crippen molar-refractivity contribution in [1.82, 2.24) is 9.97 Å². The Morgan fingerprint density at radius 1 is 1.24 bits per heavy atom. The van der Waals surface area contributed by atoms with E-state index in [4.69, 9.17) is 17.4 Å². The molecule has 1 heterocycles. The second-order valence-corrected chi connectivity index (χ2v) is 4.19. The SMILES string of the molecule is Cc1cc(NN)nc(Cc2ccc(Cl)cc2)n1. The van der Waals surface area contributed by atoms with Gasteiger partial charge in [0.1, 0.15) is 11.6 Å². The van der Waals surface area contributed by atoms with Gasteiger partial charge in [-0.2, -0.15) is 0 Å². The second kappa shape index (κ2) is 5.12. The first-order valence-electron chi connectivity index (χ1n) is 5.23. The van der Waals surface area contributed by atoms with Crippen molar-refractivity contribution in [2.24, 2.45) is 5.84 Å². The summed E-state index contributed by atoms with van der Waals surface area (Å²) in [6.45, 7) is 1.91. The number of aromatic nitrogens is 2. The second-order valence-electron chi connectivity index (χ2n) is 3.76. The van der Waals surface area contributed by atoms with Gasteiger partial charge in [-0.3, -0.25) is 0 Å². The lowest BCUT2D eigenvalue weighted by Crippen LogP contribution is -2.11. The van der Waals surface area contributed by atoms with E-state index in [1.54, 1.807) is 6.07 Å². The molecule has 0 aliphatic carbocycles. The number of anilines is 1. The third-order valence-corrected chi connectivity index (χ3v) is 2.58. The molecule has 2 aromatic rings. The van der Waals surface area contributed by atoms with Gasteiger partial charge in [-0.1, -0.05) is 23.7 Å². The smallest absolute Gasteiger partial charge is 0.143 e. The molecular formula is C12H13ClN4. The molecule has 0 saturated carbocycles. The zero-order chi connectivity index (χ0) is 12.3. The number of rotatable bonds is 3. The molecule has 1 aromatic heterocycles. The molecule has 17 heavy (non-hydrogen) atoms. The highest BCUT2D eigenvalue weighted by molar-refractivity contribution is 6.30. The minimum atomic E-state index is 0.626. The molecule has 0 spiro atoms. The molecule has 0 atom stereocenters. The number of hydrazine groups is 1. The minimum Gasteiger partial charge on any atom is -0.308 e. The summed E-state index contributed by atoms with van der Waals surface area (Å²) in [7, 11) is 0. The lowest BCUT2D eigenvalue weighted by atomic mass is 10.1. The third kappa shape index (κ3) is 3.15. The highest BCUT2D eigenvalue weighted by atomic mass is 35.5. The van der Waals surface area contributed by atoms with Gasteiger partial charge >= 0.3 is 0 Å². The maximum Gasteiger partial charge on any atom is 0.143 e. The van der Waals surface area contributed by atoms with Crippen LogP contribution in [0.2, 0.25) is 5.02 Å². The quantitative estimate of drug-likeness (QED) is 0.646. The lowest BCUT2D eigenvalue weighted by molar-refractivity contribution is 0.940. The fourth-order valence-corrected chi connectivity index (χ4v) is 1.69. The Labute approximate surface area is 105 Å². The van der Waals surface area contributed by atoms with Crippen LogP contribution in [0.15, 0.2) is 30.3 Å². The average Bonchev–Trinajstić information content (AvgIpc) is 2.31. The van der Waals surface area contributed by atoms with Crippen LogP contribution in [0.3, 0.4) is 0 Å². The van der Waals surface area contributed by atoms with Gasteiger partial charge in [-0.15, -0.1) is 0 Å². The number of aryl methyl sites for hydroxylation is 1. The maximum absolute atomic E-state index is 5.83. The van der Waals surface area contributed by atoms with E-state index >= 15 is 0 Å². The van der Waals surface area contributed by atoms with Crippen LogP contribution in [0.1, 0.15) is 17.1 Å². The van der Waals surface area contributed by atoms with E-state index < -0.39 is 0 Å². The normalized spacial score (nSPS) is 10.3. The fourth-order valence-electron chi connectivity index (χ4n) is 1.57. The number of nitrogens with zero attached hydrogens (tertiary/aromatic N) is 2. The predicted octanol–water partition coefficient (Wildman–Crippen LogP) is 2.31. The van der Waals surface area contributed by atoms with Crippen molar-refractivity contribution >= 4 is 17.4 Å². The number of hydrogen-bond donors (Lipinski definition) is 2. The van der Waals surface area contributed by atoms with Crippen molar-refractivity contribution in [3.8, 4) is 0 Å². The van der Waals surface area contributed by atoms with Gasteiger partial charge < -0.3 is 5.43 Å². The Morgan fingerprint density at radius 2 is 1.94 bits per heavy atom. The van der Waals surface area contributed by atoms with E-state index in [9.17, 15) is 0 Å². The molecule has 0 fully saturated rings. The first-order chi connectivity index (χ1) is 8.17. The highest BCUT2D eigenvalue weighted by Crippen LogP contribution is 2.13. The van der Waals surface area contributed by atoms with Crippen molar-refractivity contribution in [3.05, 3.63) is 52.4 Å². The van der Waals surface area contributed by atoms with Crippen LogP contribution < -0.4 is 11.3 Å². The van der Waals surface area contributed by atoms with Gasteiger partial charge in [0.2, 0.25) is 0 Å². The fraction of sp³-hybridized carbons (Fsp3) is 0.167. The monoisotopic (exact) mass is 248 g/mol. The lowest BCUT2D eigenvalue weighted by Gasteiger charge is -2.05. The molecule has 88 valence electrons. The zero-order valence-electron chi connectivity index (χ0n) is 9.44. The molecule has 0 unspecified atom stereocenters. The largest absolute Gasteiger partial charge is 0.308 e. The predicted molar refractivity (Wildman–Crippen MR) is 68.8 cm³/mol. The molecule has 0 amide bonds. The van der Waals surface area contributed by atoms with E-state index in [0.29, 0.717) is 12.2 Å². The van der Waals surface area contributed by atoms with Crippen molar-refractivity contribution in [3.63, 3.8) is 0 Å². The van der Waals surface area contributed by atoms with Crippen LogP contribution >= 0.6 is 11.6 Å². The first-order valence-corrected chi connectivity index (χ1v) is 5.61. The van der Waals surface area contributed by atoms with E-state index in [2.05, 4.69) is 15.4 Å². The highest BCUT2D eigenvalue weighted by Gasteiger charge is 2.03. The van der Waals surface area contributed by atoms with Crippen LogP contribution in [-0.4, -0.2) is 9.97 Å². The molecule has 4 nitrogen and oxygen atoms in total. The Bertz CT molecular complexity index is 510. The van der Waals surface area contributed by atoms with Crippen molar-refractivity contribution in [2.45, 2.75) is 13.3 Å². The minimum absolute atomic E-state index is 0.626. The Balaban J connectivity index is 2.23. The summed E-state index contributed by atoms with van der Waals surface area (Å²) in [5, 5.41) is 0.725. The Kier molecular flexibility index (Phi) is 3.56. The van der Waals surface area contributed by atoms with E-state index in [0.717, 1.165) is 22.1 Å². The van der Waals surface area contributed by atoms with Gasteiger partial charge in [0, 0.05) is 23.2 Å². The Hall–Kier alpha value is -1.65. The summed E-state index contributed by atoms with van der Waals surface area (Å²) in [5.41, 5.74) is 4.53. The van der Waals surface area contributed by atoms with Gasteiger partial charge in [-0.05, 0) is 24.6 Å². The van der Waals surface area contributed by atoms with E-state index in [1.165, 1.54) is 0 Å². The molecule has 0 bridgehead atoms. The van der Waals surface area contributed by atoms with Gasteiger partial charge in [0.25, 0.3) is 0 Å². The molecule has 0 saturated heterocycles. The standard InChI is InChI=1S/C12H13ClN4/c1-8-6-12(17-14)16-11(15-8)7-9-2-4-10(13)5-3-9/h2-6H,7,14H2,1H3,(H,15,16,17). The number of hydrogen-bond acceptors (Lipinski definition) is 4. The summed E-state index contributed by atoms with van der Waals surface area (Å²) < 4.78 is 0. The molecular weight excluding hydrogens is 236 g/mol. The molecule has 0 aliphatic rings. The summed E-state index contributed by atoms with van der Waals surface area (Å²) in [6.07, 6.45) is 0.660. The molecule has 5 heteroatoms. The number of nitrogens with one attached hydrogen (secondary N) is 1. The first kappa shape index (κ1) is 11.8. The van der Waals surface area contributed by atoms with Crippen molar-refractivity contribution in [1.29, 1.82) is 0 Å². The van der Waals surface area contributed by atoms with Crippen LogP contribution in [-0.2, 0) is 6.42 Å². The van der Waals surface area contributed by atoms with Crippen LogP contribution in [0.4, 0.5) is 5.82 Å². The van der Waals surface area contributed by atoms with E-state index in [-0.39, 0.29) is 0 Å². The molecule has 2 rings (SSSR count). The number of halogens is 1. The van der Waals surface area contributed by atoms with Crippen molar-refractivity contribution < 1.29 is 0 Å². The molecule has 0 aliphatic heterocycles. The maximum atomic E-state index is 5.83. The summed E-state index contributed by atoms with van der Waals surface area (Å²) in [6, 6.07) is 9.43. The molecule has 1 aromatic carbocycles. The summed E-state index contributed by atoms with van der Waals surface area (Å²) in [5.74, 6) is 6.71. The van der Waals surface area contributed by atoms with Gasteiger partial charge in [0.05, 0.1) is 0 Å². The van der Waals surface area contributed by atoms with Crippen LogP contribution in [0.5, 0.6) is 0 Å². The summed E-state index contributed by atoms with van der Waals surface area (Å²) in [4.78, 5) is 8.65. The zero-order valence-corrected chi connectivity index (χ0v) is 10.2. The molecule has 0 radical (unpaired) electrons. The van der Waals surface area contributed by atoms with Crippen LogP contribution in [0, 0.1) is 6.92 Å². The van der Waals surface area contributed by atoms with Gasteiger partial charge in [0.15, 0.2) is 0 Å².